The molecule has 0 heterocycles. The van der Waals surface area contributed by atoms with Crippen LogP contribution in [0.1, 0.15) is 0 Å². The van der Waals surface area contributed by atoms with Crippen LogP contribution in [0.15, 0.2) is 29.2 Å². The van der Waals surface area contributed by atoms with Gasteiger partial charge in [-0.2, -0.15) is 21.1 Å². The molecule has 0 spiro atoms. The molecule has 0 fully saturated rings. The predicted octanol–water partition coefficient (Wildman–Crippen LogP) is 0.929. The summed E-state index contributed by atoms with van der Waals surface area (Å²) in [6.45, 7) is -1.72. The van der Waals surface area contributed by atoms with Crippen molar-refractivity contribution in [3.8, 4) is 0 Å². The fourth-order valence-corrected chi connectivity index (χ4v) is 4.21. The highest BCUT2D eigenvalue weighted by molar-refractivity contribution is 7.89. The van der Waals surface area contributed by atoms with Crippen molar-refractivity contribution in [2.45, 2.75) is 4.90 Å². The van der Waals surface area contributed by atoms with E-state index in [0.29, 0.717) is 4.31 Å². The average Bonchev–Trinajstić information content (AvgIpc) is 2.36. The molecule has 0 aliphatic heterocycles. The summed E-state index contributed by atoms with van der Waals surface area (Å²) in [5.74, 6) is -2.38. The van der Waals surface area contributed by atoms with Gasteiger partial charge in [0.25, 0.3) is 0 Å². The van der Waals surface area contributed by atoms with Gasteiger partial charge in [0.1, 0.15) is 0 Å². The molecule has 0 N–H and O–H groups in total. The Hall–Kier alpha value is -0.820. The molecule has 1 aromatic rings. The van der Waals surface area contributed by atoms with E-state index in [1.165, 1.54) is 12.1 Å². The normalized spacial score (nSPS) is 13.4. The van der Waals surface area contributed by atoms with E-state index < -0.39 is 55.1 Å². The van der Waals surface area contributed by atoms with E-state index in [1.54, 1.807) is 0 Å². The van der Waals surface area contributed by atoms with Crippen molar-refractivity contribution < 1.29 is 33.0 Å². The van der Waals surface area contributed by atoms with Crippen molar-refractivity contribution in [3.05, 3.63) is 29.3 Å². The van der Waals surface area contributed by atoms with Gasteiger partial charge in [-0.25, -0.2) is 8.42 Å². The van der Waals surface area contributed by atoms with E-state index in [2.05, 4.69) is 0 Å². The molecule has 0 aromatic heterocycles. The number of halogens is 3. The number of hydrogen-bond acceptors (Lipinski definition) is 6. The fraction of sp³-hybridized carbons (Fsp3) is 0.400. The minimum absolute atomic E-state index is 0.230. The molecular weight excluding hydrogens is 400 g/mol. The summed E-state index contributed by atoms with van der Waals surface area (Å²) in [5.41, 5.74) is 0. The molecule has 13 heteroatoms. The molecule has 0 aliphatic rings. The molecule has 0 atom stereocenters. The Morgan fingerprint density at radius 2 is 1.22 bits per heavy atom. The van der Waals surface area contributed by atoms with Crippen LogP contribution in [0.3, 0.4) is 0 Å². The van der Waals surface area contributed by atoms with Crippen molar-refractivity contribution in [1.82, 2.24) is 4.31 Å². The lowest BCUT2D eigenvalue weighted by Gasteiger charge is -2.20. The van der Waals surface area contributed by atoms with Crippen molar-refractivity contribution >= 4 is 42.1 Å². The Morgan fingerprint density at radius 1 is 0.826 bits per heavy atom. The second-order valence-corrected chi connectivity index (χ2v) is 9.69. The third kappa shape index (κ3) is 7.08. The largest absolute Gasteiger partial charge is 0.303 e. The SMILES string of the molecule is O=S(=O)(F)CCN(CCS(=O)(=O)F)S(=O)(=O)c1ccc(Cl)cc1. The molecule has 7 nitrogen and oxygen atoms in total. The smallest absolute Gasteiger partial charge is 0.207 e. The highest BCUT2D eigenvalue weighted by atomic mass is 35.5. The lowest BCUT2D eigenvalue weighted by atomic mass is 10.4. The minimum Gasteiger partial charge on any atom is -0.207 e. The Kier molecular flexibility index (Phi) is 6.49. The highest BCUT2D eigenvalue weighted by Crippen LogP contribution is 2.19. The van der Waals surface area contributed by atoms with Crippen molar-refractivity contribution in [3.63, 3.8) is 0 Å². The molecule has 0 saturated carbocycles. The predicted molar refractivity (Wildman–Crippen MR) is 80.0 cm³/mol. The zero-order chi connectivity index (χ0) is 17.9. The van der Waals surface area contributed by atoms with Gasteiger partial charge >= 0.3 is 20.4 Å². The zero-order valence-electron chi connectivity index (χ0n) is 11.4. The molecule has 0 unspecified atom stereocenters. The van der Waals surface area contributed by atoms with E-state index in [0.717, 1.165) is 12.1 Å². The van der Waals surface area contributed by atoms with Crippen LogP contribution in [0.2, 0.25) is 5.02 Å². The van der Waals surface area contributed by atoms with E-state index in [4.69, 9.17) is 11.6 Å². The van der Waals surface area contributed by atoms with Gasteiger partial charge in [0.2, 0.25) is 10.0 Å². The van der Waals surface area contributed by atoms with Gasteiger partial charge in [0.05, 0.1) is 16.4 Å². The van der Waals surface area contributed by atoms with E-state index in [-0.39, 0.29) is 9.92 Å². The number of rotatable bonds is 8. The number of hydrogen-bond donors (Lipinski definition) is 0. The summed E-state index contributed by atoms with van der Waals surface area (Å²) in [4.78, 5) is -0.325. The van der Waals surface area contributed by atoms with Crippen LogP contribution in [0.5, 0.6) is 0 Å². The van der Waals surface area contributed by atoms with Crippen LogP contribution in [-0.4, -0.2) is 54.2 Å². The molecule has 0 bridgehead atoms. The number of benzene rings is 1. The van der Waals surface area contributed by atoms with Gasteiger partial charge in [-0.05, 0) is 24.3 Å². The number of nitrogens with zero attached hydrogens (tertiary/aromatic N) is 1. The summed E-state index contributed by atoms with van der Waals surface area (Å²) >= 11 is 5.62. The third-order valence-electron chi connectivity index (χ3n) is 2.62. The van der Waals surface area contributed by atoms with E-state index in [9.17, 15) is 33.0 Å². The van der Waals surface area contributed by atoms with Crippen LogP contribution in [0.4, 0.5) is 7.77 Å². The monoisotopic (exact) mass is 411 g/mol. The van der Waals surface area contributed by atoms with E-state index in [1.807, 2.05) is 0 Å². The van der Waals surface area contributed by atoms with Crippen LogP contribution in [-0.2, 0) is 30.5 Å². The lowest BCUT2D eigenvalue weighted by molar-refractivity contribution is 0.438. The molecular formula is C10H12ClF2NO6S3. The summed E-state index contributed by atoms with van der Waals surface area (Å²) in [6, 6.07) is 4.67. The van der Waals surface area contributed by atoms with Gasteiger partial charge in [-0.15, -0.1) is 7.77 Å². The third-order valence-corrected chi connectivity index (χ3v) is 6.13. The maximum Gasteiger partial charge on any atom is 0.303 e. The standard InChI is InChI=1S/C10H12ClF2NO6S3/c11-9-1-3-10(4-2-9)23(19,20)14(5-7-21(12,15)16)6-8-22(13,17)18/h1-4H,5-8H2. The Morgan fingerprint density at radius 3 is 1.57 bits per heavy atom. The van der Waals surface area contributed by atoms with Crippen LogP contribution < -0.4 is 0 Å². The quantitative estimate of drug-likeness (QED) is 0.589. The molecule has 132 valence electrons. The van der Waals surface area contributed by atoms with Crippen LogP contribution >= 0.6 is 11.6 Å². The van der Waals surface area contributed by atoms with Gasteiger partial charge < -0.3 is 0 Å². The van der Waals surface area contributed by atoms with Gasteiger partial charge in [0, 0.05) is 18.1 Å². The first-order chi connectivity index (χ1) is 10.3. The first-order valence-electron chi connectivity index (χ1n) is 5.92. The highest BCUT2D eigenvalue weighted by Gasteiger charge is 2.27. The van der Waals surface area contributed by atoms with Gasteiger partial charge in [0.15, 0.2) is 0 Å². The Bertz CT molecular complexity index is 816. The molecule has 0 radical (unpaired) electrons. The second kappa shape index (κ2) is 7.38. The summed E-state index contributed by atoms with van der Waals surface area (Å²) in [6.07, 6.45) is 0. The maximum absolute atomic E-state index is 12.6. The Balaban J connectivity index is 3.12. The van der Waals surface area contributed by atoms with E-state index >= 15 is 0 Å². The van der Waals surface area contributed by atoms with Gasteiger partial charge in [-0.1, -0.05) is 11.6 Å². The van der Waals surface area contributed by atoms with Crippen LogP contribution in [0, 0.1) is 0 Å². The number of sulfonamides is 1. The Labute approximate surface area is 138 Å². The minimum atomic E-state index is -4.99. The van der Waals surface area contributed by atoms with Crippen molar-refractivity contribution in [1.29, 1.82) is 0 Å². The molecule has 0 amide bonds. The summed E-state index contributed by atoms with van der Waals surface area (Å²) in [7, 11) is -14.3. The second-order valence-electron chi connectivity index (χ2n) is 4.34. The summed E-state index contributed by atoms with van der Waals surface area (Å²) in [5, 5.41) is 0.230. The fourth-order valence-electron chi connectivity index (χ4n) is 1.53. The average molecular weight is 412 g/mol. The molecule has 1 rings (SSSR count). The topological polar surface area (TPSA) is 106 Å². The van der Waals surface area contributed by atoms with Gasteiger partial charge in [-0.3, -0.25) is 0 Å². The lowest BCUT2D eigenvalue weighted by Crippen LogP contribution is -2.37. The zero-order valence-corrected chi connectivity index (χ0v) is 14.6. The molecule has 0 saturated heterocycles. The van der Waals surface area contributed by atoms with Crippen LogP contribution in [0.25, 0.3) is 0 Å². The first kappa shape index (κ1) is 20.2. The summed E-state index contributed by atoms with van der Waals surface area (Å²) < 4.78 is 92.4. The van der Waals surface area contributed by atoms with Crippen molar-refractivity contribution in [2.24, 2.45) is 0 Å². The molecule has 0 aliphatic carbocycles. The first-order valence-corrected chi connectivity index (χ1v) is 10.8. The van der Waals surface area contributed by atoms with Crippen molar-refractivity contribution in [2.75, 3.05) is 24.6 Å². The molecule has 1 aromatic carbocycles. The molecule has 23 heavy (non-hydrogen) atoms. The maximum atomic E-state index is 12.6.